The Hall–Kier alpha value is -0.440. The lowest BCUT2D eigenvalue weighted by Gasteiger charge is -2.25. The molecule has 0 bridgehead atoms. The second-order valence-corrected chi connectivity index (χ2v) is 5.34. The van der Waals surface area contributed by atoms with Crippen LogP contribution in [0.25, 0.3) is 0 Å². The summed E-state index contributed by atoms with van der Waals surface area (Å²) >= 11 is 6.75. The minimum atomic E-state index is -4.61. The van der Waals surface area contributed by atoms with Gasteiger partial charge in [-0.3, -0.25) is 4.90 Å². The summed E-state index contributed by atoms with van der Waals surface area (Å²) in [5.74, 6) is 0. The summed E-state index contributed by atoms with van der Waals surface area (Å²) < 4.78 is 41.6. The lowest BCUT2D eigenvalue weighted by Crippen LogP contribution is -2.47. The zero-order chi connectivity index (χ0) is 12.7. The van der Waals surface area contributed by atoms with Gasteiger partial charge in [-0.2, -0.15) is 13.2 Å². The van der Waals surface area contributed by atoms with Gasteiger partial charge >= 0.3 is 6.18 Å². The van der Waals surface area contributed by atoms with Crippen molar-refractivity contribution in [2.45, 2.75) is 24.7 Å². The number of β-amino-alcohol motifs (C(OH)–C–C–N with tert-alkyl or cyclic N) is 1. The number of nitrogens with zero attached hydrogens (tertiary/aromatic N) is 3. The van der Waals surface area contributed by atoms with E-state index in [1.165, 1.54) is 4.90 Å². The van der Waals surface area contributed by atoms with Crippen molar-refractivity contribution in [1.82, 2.24) is 14.5 Å². The average Bonchev–Trinajstić information content (AvgIpc) is 2.75. The summed E-state index contributed by atoms with van der Waals surface area (Å²) in [5.41, 5.74) is -2.17. The summed E-state index contributed by atoms with van der Waals surface area (Å²) in [6.07, 6.45) is -4.93. The first kappa shape index (κ1) is 13.0. The Morgan fingerprint density at radius 1 is 1.53 bits per heavy atom. The maximum absolute atomic E-state index is 12.5. The monoisotopic (exact) mass is 287 g/mol. The van der Waals surface area contributed by atoms with Crippen LogP contribution in [0.5, 0.6) is 0 Å². The van der Waals surface area contributed by atoms with Crippen LogP contribution in [0.3, 0.4) is 0 Å². The van der Waals surface area contributed by atoms with Crippen LogP contribution in [-0.4, -0.2) is 44.5 Å². The molecular weight excluding hydrogens is 279 g/mol. The standard InChI is InChI=1S/C8H9ClF3N3OS/c9-6-5(13-14-17-6)3-15-2-1-7(16,4-15)8(10,11)12/h16H,1-4H2. The number of hydrogen-bond donors (Lipinski definition) is 1. The second-order valence-electron chi connectivity index (χ2n) is 3.98. The van der Waals surface area contributed by atoms with E-state index in [2.05, 4.69) is 9.59 Å². The van der Waals surface area contributed by atoms with Gasteiger partial charge in [-0.25, -0.2) is 0 Å². The van der Waals surface area contributed by atoms with Crippen LogP contribution in [0.15, 0.2) is 0 Å². The van der Waals surface area contributed by atoms with Crippen molar-refractivity contribution in [2.24, 2.45) is 0 Å². The van der Waals surface area contributed by atoms with Gasteiger partial charge in [-0.05, 0) is 6.42 Å². The highest BCUT2D eigenvalue weighted by Gasteiger charge is 2.56. The molecule has 1 aliphatic rings. The Kier molecular flexibility index (Phi) is 3.32. The van der Waals surface area contributed by atoms with Gasteiger partial charge in [0.1, 0.15) is 10.0 Å². The van der Waals surface area contributed by atoms with E-state index in [9.17, 15) is 18.3 Å². The summed E-state index contributed by atoms with van der Waals surface area (Å²) in [6, 6.07) is 0. The molecule has 1 aromatic rings. The van der Waals surface area contributed by atoms with E-state index in [4.69, 9.17) is 11.6 Å². The molecule has 0 amide bonds. The molecule has 0 spiro atoms. The number of aliphatic hydroxyl groups is 1. The molecule has 2 heterocycles. The van der Waals surface area contributed by atoms with E-state index in [0.717, 1.165) is 11.5 Å². The Morgan fingerprint density at radius 2 is 2.24 bits per heavy atom. The summed E-state index contributed by atoms with van der Waals surface area (Å²) in [7, 11) is 0. The van der Waals surface area contributed by atoms with E-state index in [1.54, 1.807) is 0 Å². The summed E-state index contributed by atoms with van der Waals surface area (Å²) in [6.45, 7) is -0.123. The highest BCUT2D eigenvalue weighted by molar-refractivity contribution is 7.10. The van der Waals surface area contributed by atoms with Crippen LogP contribution in [0.4, 0.5) is 13.2 Å². The molecule has 0 radical (unpaired) electrons. The van der Waals surface area contributed by atoms with Crippen molar-refractivity contribution >= 4 is 23.1 Å². The van der Waals surface area contributed by atoms with Crippen LogP contribution >= 0.6 is 23.1 Å². The Balaban J connectivity index is 2.02. The number of likely N-dealkylation sites (tertiary alicyclic amines) is 1. The molecule has 1 atom stereocenters. The number of hydrogen-bond acceptors (Lipinski definition) is 5. The second kappa shape index (κ2) is 4.34. The quantitative estimate of drug-likeness (QED) is 0.899. The number of aromatic nitrogens is 2. The van der Waals surface area contributed by atoms with Gasteiger partial charge in [0.2, 0.25) is 0 Å². The number of halogens is 4. The predicted octanol–water partition coefficient (Wildman–Crippen LogP) is 1.69. The molecular formula is C8H9ClF3N3OS. The average molecular weight is 288 g/mol. The molecule has 4 nitrogen and oxygen atoms in total. The third kappa shape index (κ3) is 2.54. The first-order valence-electron chi connectivity index (χ1n) is 4.80. The van der Waals surface area contributed by atoms with Crippen LogP contribution in [-0.2, 0) is 6.54 Å². The normalized spacial score (nSPS) is 26.6. The molecule has 2 rings (SSSR count). The van der Waals surface area contributed by atoms with Crippen molar-refractivity contribution in [3.05, 3.63) is 10.0 Å². The topological polar surface area (TPSA) is 49.2 Å². The summed E-state index contributed by atoms with van der Waals surface area (Å²) in [4.78, 5) is 1.47. The molecule has 1 unspecified atom stereocenters. The molecule has 0 saturated carbocycles. The Labute approximate surface area is 104 Å². The number of alkyl halides is 3. The molecule has 1 aromatic heterocycles. The number of rotatable bonds is 2. The molecule has 17 heavy (non-hydrogen) atoms. The summed E-state index contributed by atoms with van der Waals surface area (Å²) in [5, 5.41) is 13.2. The van der Waals surface area contributed by atoms with E-state index in [1.807, 2.05) is 0 Å². The van der Waals surface area contributed by atoms with Crippen LogP contribution in [0, 0.1) is 0 Å². The van der Waals surface area contributed by atoms with Crippen molar-refractivity contribution in [2.75, 3.05) is 13.1 Å². The fourth-order valence-electron chi connectivity index (χ4n) is 1.74. The highest BCUT2D eigenvalue weighted by atomic mass is 35.5. The fourth-order valence-corrected chi connectivity index (χ4v) is 2.35. The Bertz CT molecular complexity index is 413. The van der Waals surface area contributed by atoms with Crippen molar-refractivity contribution in [3.63, 3.8) is 0 Å². The maximum atomic E-state index is 12.5. The minimum Gasteiger partial charge on any atom is -0.379 e. The van der Waals surface area contributed by atoms with Crippen molar-refractivity contribution in [1.29, 1.82) is 0 Å². The van der Waals surface area contributed by atoms with Gasteiger partial charge in [0.25, 0.3) is 0 Å². The zero-order valence-electron chi connectivity index (χ0n) is 8.54. The first-order chi connectivity index (χ1) is 7.82. The van der Waals surface area contributed by atoms with Crippen molar-refractivity contribution in [3.8, 4) is 0 Å². The zero-order valence-corrected chi connectivity index (χ0v) is 10.1. The van der Waals surface area contributed by atoms with Crippen LogP contribution in [0.1, 0.15) is 12.1 Å². The van der Waals surface area contributed by atoms with Crippen molar-refractivity contribution < 1.29 is 18.3 Å². The van der Waals surface area contributed by atoms with Gasteiger partial charge in [0, 0.05) is 31.2 Å². The lowest BCUT2D eigenvalue weighted by molar-refractivity contribution is -0.254. The van der Waals surface area contributed by atoms with Gasteiger partial charge < -0.3 is 5.11 Å². The van der Waals surface area contributed by atoms with E-state index in [-0.39, 0.29) is 19.5 Å². The molecule has 1 aliphatic heterocycles. The maximum Gasteiger partial charge on any atom is 0.418 e. The van der Waals surface area contributed by atoms with Gasteiger partial charge in [0.05, 0.1) is 0 Å². The molecule has 96 valence electrons. The van der Waals surface area contributed by atoms with E-state index >= 15 is 0 Å². The fraction of sp³-hybridized carbons (Fsp3) is 0.750. The smallest absolute Gasteiger partial charge is 0.379 e. The van der Waals surface area contributed by atoms with Gasteiger partial charge in [0.15, 0.2) is 5.60 Å². The molecule has 1 saturated heterocycles. The lowest BCUT2D eigenvalue weighted by atomic mass is 10.0. The molecule has 0 aromatic carbocycles. The van der Waals surface area contributed by atoms with E-state index in [0.29, 0.717) is 10.0 Å². The largest absolute Gasteiger partial charge is 0.418 e. The first-order valence-corrected chi connectivity index (χ1v) is 5.95. The van der Waals surface area contributed by atoms with Gasteiger partial charge in [-0.15, -0.1) is 5.10 Å². The van der Waals surface area contributed by atoms with Gasteiger partial charge in [-0.1, -0.05) is 16.1 Å². The minimum absolute atomic E-state index is 0.157. The Morgan fingerprint density at radius 3 is 2.71 bits per heavy atom. The SMILES string of the molecule is OC1(C(F)(F)F)CCN(Cc2nnsc2Cl)C1. The van der Waals surface area contributed by atoms with Crippen LogP contribution in [0.2, 0.25) is 4.34 Å². The highest BCUT2D eigenvalue weighted by Crippen LogP contribution is 2.38. The molecule has 1 N–H and O–H groups in total. The van der Waals surface area contributed by atoms with E-state index < -0.39 is 18.3 Å². The third-order valence-corrected chi connectivity index (χ3v) is 3.72. The molecule has 9 heteroatoms. The predicted molar refractivity (Wildman–Crippen MR) is 55.8 cm³/mol. The molecule has 1 fully saturated rings. The molecule has 0 aliphatic carbocycles. The van der Waals surface area contributed by atoms with Crippen LogP contribution < -0.4 is 0 Å². The third-order valence-electron chi connectivity index (χ3n) is 2.74.